The van der Waals surface area contributed by atoms with E-state index in [9.17, 15) is 14.4 Å². The SMILES string of the molecule is Cn1cccc1C(=O)Nc1cc(C(=O)Nc2ccc(C=O)cc2)n(C)c1. The fourth-order valence-corrected chi connectivity index (χ4v) is 2.59. The number of hydrogen-bond acceptors (Lipinski definition) is 3. The second-order valence-electron chi connectivity index (χ2n) is 5.88. The van der Waals surface area contributed by atoms with Crippen LogP contribution in [0.5, 0.6) is 0 Å². The maximum Gasteiger partial charge on any atom is 0.272 e. The van der Waals surface area contributed by atoms with Gasteiger partial charge in [0.25, 0.3) is 11.8 Å². The van der Waals surface area contributed by atoms with E-state index in [-0.39, 0.29) is 11.8 Å². The number of carbonyl (C=O) groups excluding carboxylic acids is 3. The number of rotatable bonds is 5. The minimum Gasteiger partial charge on any atom is -0.347 e. The number of anilines is 2. The monoisotopic (exact) mass is 350 g/mol. The molecule has 0 bridgehead atoms. The summed E-state index contributed by atoms with van der Waals surface area (Å²) in [6, 6.07) is 11.7. The van der Waals surface area contributed by atoms with Gasteiger partial charge in [0.2, 0.25) is 0 Å². The average molecular weight is 350 g/mol. The van der Waals surface area contributed by atoms with Gasteiger partial charge in [0, 0.05) is 37.7 Å². The van der Waals surface area contributed by atoms with Crippen LogP contribution in [-0.4, -0.2) is 27.2 Å². The molecule has 0 fully saturated rings. The molecular weight excluding hydrogens is 332 g/mol. The number of nitrogens with zero attached hydrogens (tertiary/aromatic N) is 2. The lowest BCUT2D eigenvalue weighted by atomic mass is 10.2. The number of amides is 2. The molecule has 0 saturated heterocycles. The van der Waals surface area contributed by atoms with Crippen molar-refractivity contribution in [3.05, 3.63) is 71.8 Å². The van der Waals surface area contributed by atoms with Crippen LogP contribution >= 0.6 is 0 Å². The summed E-state index contributed by atoms with van der Waals surface area (Å²) >= 11 is 0. The van der Waals surface area contributed by atoms with Crippen molar-refractivity contribution in [2.75, 3.05) is 10.6 Å². The molecular formula is C19H18N4O3. The molecule has 2 amide bonds. The first kappa shape index (κ1) is 17.2. The van der Waals surface area contributed by atoms with Crippen LogP contribution in [0.4, 0.5) is 11.4 Å². The Labute approximate surface area is 150 Å². The van der Waals surface area contributed by atoms with E-state index in [0.717, 1.165) is 6.29 Å². The van der Waals surface area contributed by atoms with Crippen molar-refractivity contribution in [2.24, 2.45) is 14.1 Å². The van der Waals surface area contributed by atoms with Gasteiger partial charge in [0.1, 0.15) is 17.7 Å². The third-order valence-electron chi connectivity index (χ3n) is 3.98. The highest BCUT2D eigenvalue weighted by molar-refractivity contribution is 6.06. The van der Waals surface area contributed by atoms with Crippen LogP contribution in [-0.2, 0) is 14.1 Å². The fraction of sp³-hybridized carbons (Fsp3) is 0.105. The molecule has 132 valence electrons. The van der Waals surface area contributed by atoms with E-state index >= 15 is 0 Å². The van der Waals surface area contributed by atoms with Crippen LogP contribution in [0.1, 0.15) is 31.3 Å². The Hall–Kier alpha value is -3.61. The van der Waals surface area contributed by atoms with Gasteiger partial charge in [-0.3, -0.25) is 14.4 Å². The summed E-state index contributed by atoms with van der Waals surface area (Å²) in [5.41, 5.74) is 2.56. The van der Waals surface area contributed by atoms with Crippen molar-refractivity contribution in [3.63, 3.8) is 0 Å². The van der Waals surface area contributed by atoms with Crippen molar-refractivity contribution in [2.45, 2.75) is 0 Å². The predicted molar refractivity (Wildman–Crippen MR) is 98.6 cm³/mol. The zero-order chi connectivity index (χ0) is 18.7. The van der Waals surface area contributed by atoms with Crippen LogP contribution < -0.4 is 10.6 Å². The van der Waals surface area contributed by atoms with E-state index in [2.05, 4.69) is 10.6 Å². The van der Waals surface area contributed by atoms with Crippen molar-refractivity contribution in [1.29, 1.82) is 0 Å². The topological polar surface area (TPSA) is 85.1 Å². The predicted octanol–water partition coefficient (Wildman–Crippen LogP) is 2.68. The van der Waals surface area contributed by atoms with Gasteiger partial charge >= 0.3 is 0 Å². The Morgan fingerprint density at radius 1 is 0.885 bits per heavy atom. The summed E-state index contributed by atoms with van der Waals surface area (Å²) in [7, 11) is 3.51. The molecule has 0 aliphatic rings. The fourth-order valence-electron chi connectivity index (χ4n) is 2.59. The van der Waals surface area contributed by atoms with Crippen molar-refractivity contribution < 1.29 is 14.4 Å². The number of benzene rings is 1. The molecule has 0 spiro atoms. The molecule has 2 heterocycles. The average Bonchev–Trinajstić information content (AvgIpc) is 3.21. The molecule has 3 rings (SSSR count). The number of aldehydes is 1. The highest BCUT2D eigenvalue weighted by atomic mass is 16.2. The zero-order valence-electron chi connectivity index (χ0n) is 14.4. The molecule has 2 N–H and O–H groups in total. The van der Waals surface area contributed by atoms with Crippen LogP contribution in [0.25, 0.3) is 0 Å². The zero-order valence-corrected chi connectivity index (χ0v) is 14.4. The minimum absolute atomic E-state index is 0.250. The van der Waals surface area contributed by atoms with Crippen LogP contribution in [0.15, 0.2) is 54.9 Å². The molecule has 2 aromatic heterocycles. The van der Waals surface area contributed by atoms with Gasteiger partial charge in [-0.15, -0.1) is 0 Å². The minimum atomic E-state index is -0.314. The number of carbonyl (C=O) groups is 3. The molecule has 26 heavy (non-hydrogen) atoms. The lowest BCUT2D eigenvalue weighted by molar-refractivity contribution is 0.101. The third-order valence-corrected chi connectivity index (χ3v) is 3.98. The summed E-state index contributed by atoms with van der Waals surface area (Å²) in [4.78, 5) is 35.4. The van der Waals surface area contributed by atoms with Crippen molar-refractivity contribution >= 4 is 29.5 Å². The van der Waals surface area contributed by atoms with Crippen molar-refractivity contribution in [3.8, 4) is 0 Å². The lowest BCUT2D eigenvalue weighted by Crippen LogP contribution is -2.15. The first-order valence-corrected chi connectivity index (χ1v) is 7.93. The molecule has 0 radical (unpaired) electrons. The summed E-state index contributed by atoms with van der Waals surface area (Å²) < 4.78 is 3.35. The first-order valence-electron chi connectivity index (χ1n) is 7.93. The normalized spacial score (nSPS) is 10.4. The molecule has 0 saturated carbocycles. The molecule has 0 aliphatic carbocycles. The van der Waals surface area contributed by atoms with E-state index in [1.54, 1.807) is 78.1 Å². The van der Waals surface area contributed by atoms with Gasteiger partial charge in [-0.05, 0) is 42.5 Å². The van der Waals surface area contributed by atoms with Gasteiger partial charge in [0.05, 0.1) is 5.69 Å². The lowest BCUT2D eigenvalue weighted by Gasteiger charge is -2.05. The van der Waals surface area contributed by atoms with E-state index in [1.165, 1.54) is 0 Å². The van der Waals surface area contributed by atoms with E-state index in [1.807, 2.05) is 0 Å². The third kappa shape index (κ3) is 3.56. The largest absolute Gasteiger partial charge is 0.347 e. The summed E-state index contributed by atoms with van der Waals surface area (Å²) in [6.45, 7) is 0. The van der Waals surface area contributed by atoms with Gasteiger partial charge < -0.3 is 19.8 Å². The maximum atomic E-state index is 12.5. The van der Waals surface area contributed by atoms with Crippen LogP contribution in [0.2, 0.25) is 0 Å². The maximum absolute atomic E-state index is 12.5. The van der Waals surface area contributed by atoms with E-state index in [0.29, 0.717) is 28.3 Å². The van der Waals surface area contributed by atoms with Gasteiger partial charge in [-0.2, -0.15) is 0 Å². The number of nitrogens with one attached hydrogen (secondary N) is 2. The highest BCUT2D eigenvalue weighted by Crippen LogP contribution is 2.17. The summed E-state index contributed by atoms with van der Waals surface area (Å²) in [6.07, 6.45) is 4.20. The van der Waals surface area contributed by atoms with E-state index in [4.69, 9.17) is 0 Å². The number of aromatic nitrogens is 2. The number of aryl methyl sites for hydroxylation is 2. The Balaban J connectivity index is 1.72. The standard InChI is InChI=1S/C19H18N4O3/c1-22-9-3-4-16(22)18(25)21-15-10-17(23(2)11-15)19(26)20-14-7-5-13(12-24)6-8-14/h3-12H,1-2H3,(H,20,26)(H,21,25). The Kier molecular flexibility index (Phi) is 4.70. The smallest absolute Gasteiger partial charge is 0.272 e. The van der Waals surface area contributed by atoms with E-state index < -0.39 is 0 Å². The molecule has 7 nitrogen and oxygen atoms in total. The number of hydrogen-bond donors (Lipinski definition) is 2. The van der Waals surface area contributed by atoms with Crippen LogP contribution in [0, 0.1) is 0 Å². The molecule has 0 atom stereocenters. The highest BCUT2D eigenvalue weighted by Gasteiger charge is 2.15. The summed E-state index contributed by atoms with van der Waals surface area (Å²) in [5, 5.41) is 5.54. The molecule has 0 aliphatic heterocycles. The molecule has 1 aromatic carbocycles. The molecule has 7 heteroatoms. The quantitative estimate of drug-likeness (QED) is 0.694. The molecule has 0 unspecified atom stereocenters. The Morgan fingerprint density at radius 2 is 1.54 bits per heavy atom. The second-order valence-corrected chi connectivity index (χ2v) is 5.88. The Morgan fingerprint density at radius 3 is 2.15 bits per heavy atom. The second kappa shape index (κ2) is 7.10. The first-order chi connectivity index (χ1) is 12.5. The van der Waals surface area contributed by atoms with Gasteiger partial charge in [0.15, 0.2) is 0 Å². The van der Waals surface area contributed by atoms with Gasteiger partial charge in [-0.25, -0.2) is 0 Å². The Bertz CT molecular complexity index is 967. The van der Waals surface area contributed by atoms with Crippen LogP contribution in [0.3, 0.4) is 0 Å². The summed E-state index contributed by atoms with van der Waals surface area (Å²) in [5.74, 6) is -0.565. The van der Waals surface area contributed by atoms with Gasteiger partial charge in [-0.1, -0.05) is 0 Å². The van der Waals surface area contributed by atoms with Crippen molar-refractivity contribution in [1.82, 2.24) is 9.13 Å². The molecule has 3 aromatic rings.